The maximum Gasteiger partial charge on any atom is 0.166 e. The standard InChI is InChI=1S/C26H22F4O/c1-2-4-18-10-11-20(24(28)23(18)27)16-6-8-17(9-7-16)21-12-13-22(26(30)25(21)29)19-5-3-14-31-15-19/h2,6-13,19H,1,3-5,14-15H2. The van der Waals surface area contributed by atoms with Crippen LogP contribution >= 0.6 is 0 Å². The van der Waals surface area contributed by atoms with E-state index < -0.39 is 23.3 Å². The van der Waals surface area contributed by atoms with Gasteiger partial charge < -0.3 is 4.74 Å². The van der Waals surface area contributed by atoms with Gasteiger partial charge in [0.2, 0.25) is 0 Å². The van der Waals surface area contributed by atoms with Crippen molar-refractivity contribution in [3.63, 3.8) is 0 Å². The largest absolute Gasteiger partial charge is 0.381 e. The summed E-state index contributed by atoms with van der Waals surface area (Å²) in [4.78, 5) is 0. The number of rotatable bonds is 5. The van der Waals surface area contributed by atoms with Gasteiger partial charge in [0.1, 0.15) is 0 Å². The Hall–Kier alpha value is -2.92. The first-order valence-corrected chi connectivity index (χ1v) is 10.3. The molecule has 5 heteroatoms. The maximum atomic E-state index is 14.8. The molecule has 1 aliphatic heterocycles. The lowest BCUT2D eigenvalue weighted by Crippen LogP contribution is -2.17. The second-order valence-corrected chi connectivity index (χ2v) is 7.71. The van der Waals surface area contributed by atoms with Crippen molar-refractivity contribution in [3.05, 3.63) is 95.6 Å². The van der Waals surface area contributed by atoms with Gasteiger partial charge in [-0.05, 0) is 41.5 Å². The topological polar surface area (TPSA) is 9.23 Å². The molecule has 0 bridgehead atoms. The summed E-state index contributed by atoms with van der Waals surface area (Å²) < 4.78 is 63.7. The number of hydrogen-bond donors (Lipinski definition) is 0. The fourth-order valence-corrected chi connectivity index (χ4v) is 4.04. The fourth-order valence-electron chi connectivity index (χ4n) is 4.04. The van der Waals surface area contributed by atoms with Crippen molar-refractivity contribution in [1.82, 2.24) is 0 Å². The van der Waals surface area contributed by atoms with Crippen LogP contribution in [0.15, 0.2) is 61.2 Å². The minimum Gasteiger partial charge on any atom is -0.381 e. The molecule has 0 N–H and O–H groups in total. The molecule has 0 spiro atoms. The van der Waals surface area contributed by atoms with Crippen LogP contribution < -0.4 is 0 Å². The van der Waals surface area contributed by atoms with Crippen LogP contribution in [0.2, 0.25) is 0 Å². The molecule has 31 heavy (non-hydrogen) atoms. The summed E-state index contributed by atoms with van der Waals surface area (Å²) in [6, 6.07) is 12.5. The third-order valence-corrected chi connectivity index (χ3v) is 5.75. The van der Waals surface area contributed by atoms with Crippen LogP contribution in [0.1, 0.15) is 29.9 Å². The van der Waals surface area contributed by atoms with E-state index in [4.69, 9.17) is 4.74 Å². The molecule has 160 valence electrons. The highest BCUT2D eigenvalue weighted by atomic mass is 19.2. The molecule has 4 rings (SSSR count). The summed E-state index contributed by atoms with van der Waals surface area (Å²) in [7, 11) is 0. The van der Waals surface area contributed by atoms with Crippen LogP contribution in [0, 0.1) is 23.3 Å². The van der Waals surface area contributed by atoms with E-state index in [2.05, 4.69) is 6.58 Å². The molecule has 1 nitrogen and oxygen atoms in total. The van der Waals surface area contributed by atoms with Crippen LogP contribution in [-0.4, -0.2) is 13.2 Å². The Bertz CT molecular complexity index is 1100. The molecule has 1 saturated heterocycles. The molecule has 1 fully saturated rings. The van der Waals surface area contributed by atoms with Crippen molar-refractivity contribution in [2.45, 2.75) is 25.2 Å². The monoisotopic (exact) mass is 426 g/mol. The molecule has 1 unspecified atom stereocenters. The van der Waals surface area contributed by atoms with E-state index in [0.29, 0.717) is 29.9 Å². The normalized spacial score (nSPS) is 16.3. The molecule has 0 radical (unpaired) electrons. The van der Waals surface area contributed by atoms with E-state index in [1.807, 2.05) is 0 Å². The van der Waals surface area contributed by atoms with E-state index >= 15 is 0 Å². The Morgan fingerprint density at radius 1 is 0.806 bits per heavy atom. The van der Waals surface area contributed by atoms with Gasteiger partial charge in [-0.25, -0.2) is 17.6 Å². The Labute approximate surface area is 179 Å². The lowest BCUT2D eigenvalue weighted by Gasteiger charge is -2.23. The Kier molecular flexibility index (Phi) is 6.23. The SMILES string of the molecule is C=CCc1ccc(-c2ccc(-c3ccc(C4CCCOC4)c(F)c3F)cc2)c(F)c1F. The first-order chi connectivity index (χ1) is 15.0. The van der Waals surface area contributed by atoms with Gasteiger partial charge >= 0.3 is 0 Å². The highest BCUT2D eigenvalue weighted by molar-refractivity contribution is 5.71. The summed E-state index contributed by atoms with van der Waals surface area (Å²) in [6.07, 6.45) is 3.32. The van der Waals surface area contributed by atoms with Gasteiger partial charge in [-0.1, -0.05) is 54.6 Å². The smallest absolute Gasteiger partial charge is 0.166 e. The zero-order valence-electron chi connectivity index (χ0n) is 16.9. The molecule has 1 atom stereocenters. The Morgan fingerprint density at radius 3 is 2.00 bits per heavy atom. The second-order valence-electron chi connectivity index (χ2n) is 7.71. The van der Waals surface area contributed by atoms with E-state index in [0.717, 1.165) is 12.8 Å². The van der Waals surface area contributed by atoms with Crippen molar-refractivity contribution in [2.75, 3.05) is 13.2 Å². The number of benzene rings is 3. The average molecular weight is 426 g/mol. The van der Waals surface area contributed by atoms with E-state index in [-0.39, 0.29) is 29.0 Å². The summed E-state index contributed by atoms with van der Waals surface area (Å²) in [5.41, 5.74) is 1.69. The second kappa shape index (κ2) is 9.06. The average Bonchev–Trinajstić information content (AvgIpc) is 2.80. The van der Waals surface area contributed by atoms with E-state index in [1.165, 1.54) is 18.2 Å². The van der Waals surface area contributed by atoms with Crippen molar-refractivity contribution >= 4 is 0 Å². The summed E-state index contributed by atoms with van der Waals surface area (Å²) in [5.74, 6) is -3.77. The lowest BCUT2D eigenvalue weighted by atomic mass is 9.91. The van der Waals surface area contributed by atoms with Gasteiger partial charge in [0.05, 0.1) is 6.61 Å². The predicted octanol–water partition coefficient (Wildman–Crippen LogP) is 7.20. The summed E-state index contributed by atoms with van der Waals surface area (Å²) in [6.45, 7) is 4.57. The van der Waals surface area contributed by atoms with Crippen LogP contribution in [0.4, 0.5) is 17.6 Å². The fraction of sp³-hybridized carbons (Fsp3) is 0.231. The molecule has 3 aromatic rings. The molecule has 3 aromatic carbocycles. The van der Waals surface area contributed by atoms with E-state index in [1.54, 1.807) is 36.4 Å². The first kappa shape index (κ1) is 21.3. The van der Waals surface area contributed by atoms with Gasteiger partial charge in [-0.15, -0.1) is 6.58 Å². The molecular weight excluding hydrogens is 404 g/mol. The van der Waals surface area contributed by atoms with Gasteiger partial charge in [0.15, 0.2) is 23.3 Å². The molecule has 1 aliphatic rings. The van der Waals surface area contributed by atoms with Gasteiger partial charge in [0, 0.05) is 23.7 Å². The molecule has 0 aliphatic carbocycles. The summed E-state index contributed by atoms with van der Waals surface area (Å²) >= 11 is 0. The molecule has 0 aromatic heterocycles. The van der Waals surface area contributed by atoms with E-state index in [9.17, 15) is 17.6 Å². The Morgan fingerprint density at radius 2 is 1.42 bits per heavy atom. The van der Waals surface area contributed by atoms with Gasteiger partial charge in [0.25, 0.3) is 0 Å². The molecule has 1 heterocycles. The third-order valence-electron chi connectivity index (χ3n) is 5.75. The van der Waals surface area contributed by atoms with Gasteiger partial charge in [-0.2, -0.15) is 0 Å². The first-order valence-electron chi connectivity index (χ1n) is 10.3. The number of allylic oxidation sites excluding steroid dienone is 1. The van der Waals surface area contributed by atoms with Crippen LogP contribution in [0.5, 0.6) is 0 Å². The number of hydrogen-bond acceptors (Lipinski definition) is 1. The van der Waals surface area contributed by atoms with Crippen molar-refractivity contribution < 1.29 is 22.3 Å². The van der Waals surface area contributed by atoms with Crippen LogP contribution in [0.3, 0.4) is 0 Å². The lowest BCUT2D eigenvalue weighted by molar-refractivity contribution is 0.0792. The van der Waals surface area contributed by atoms with Gasteiger partial charge in [-0.3, -0.25) is 0 Å². The minimum absolute atomic E-state index is 0.108. The molecular formula is C26H22F4O. The van der Waals surface area contributed by atoms with Crippen molar-refractivity contribution in [3.8, 4) is 22.3 Å². The maximum absolute atomic E-state index is 14.8. The zero-order valence-corrected chi connectivity index (χ0v) is 16.9. The van der Waals surface area contributed by atoms with Crippen LogP contribution in [0.25, 0.3) is 22.3 Å². The number of halogens is 4. The molecule has 0 amide bonds. The minimum atomic E-state index is -0.941. The third kappa shape index (κ3) is 4.15. The highest BCUT2D eigenvalue weighted by Gasteiger charge is 2.23. The Balaban J connectivity index is 1.64. The van der Waals surface area contributed by atoms with Crippen molar-refractivity contribution in [2.24, 2.45) is 0 Å². The van der Waals surface area contributed by atoms with Crippen molar-refractivity contribution in [1.29, 1.82) is 0 Å². The summed E-state index contributed by atoms with van der Waals surface area (Å²) in [5, 5.41) is 0. The predicted molar refractivity (Wildman–Crippen MR) is 114 cm³/mol. The quantitative estimate of drug-likeness (QED) is 0.310. The molecule has 0 saturated carbocycles. The zero-order chi connectivity index (χ0) is 22.0. The van der Waals surface area contributed by atoms with Crippen LogP contribution in [-0.2, 0) is 11.2 Å². The highest BCUT2D eigenvalue weighted by Crippen LogP contribution is 2.34. The number of ether oxygens (including phenoxy) is 1.